The lowest BCUT2D eigenvalue weighted by atomic mass is 10.1. The van der Waals surface area contributed by atoms with Gasteiger partial charge >= 0.3 is 0 Å². The van der Waals surface area contributed by atoms with E-state index in [1.54, 1.807) is 6.07 Å². The maximum Gasteiger partial charge on any atom is 0.223 e. The van der Waals surface area contributed by atoms with E-state index in [2.05, 4.69) is 4.90 Å². The molecule has 0 spiro atoms. The molecule has 6 heteroatoms. The molecule has 1 heterocycles. The number of hydrogen-bond acceptors (Lipinski definition) is 2. The first kappa shape index (κ1) is 18.4. The van der Waals surface area contributed by atoms with Gasteiger partial charge in [0.2, 0.25) is 5.91 Å². The minimum absolute atomic E-state index is 0.178. The summed E-state index contributed by atoms with van der Waals surface area (Å²) in [5, 5.41) is 1.80. The Labute approximate surface area is 163 Å². The van der Waals surface area contributed by atoms with Gasteiger partial charge < -0.3 is 9.80 Å². The quantitative estimate of drug-likeness (QED) is 0.730. The first-order chi connectivity index (χ1) is 12.0. The van der Waals surface area contributed by atoms with Gasteiger partial charge in [0.1, 0.15) is 0 Å². The van der Waals surface area contributed by atoms with Gasteiger partial charge in [-0.15, -0.1) is 0 Å². The van der Waals surface area contributed by atoms with Crippen molar-refractivity contribution in [1.29, 1.82) is 0 Å². The van der Waals surface area contributed by atoms with E-state index < -0.39 is 0 Å². The fraction of sp³-hybridized carbons (Fsp3) is 0.316. The van der Waals surface area contributed by atoms with E-state index in [0.717, 1.165) is 42.5 Å². The van der Waals surface area contributed by atoms with E-state index in [9.17, 15) is 4.79 Å². The minimum atomic E-state index is 0.178. The van der Waals surface area contributed by atoms with Gasteiger partial charge in [0.25, 0.3) is 0 Å². The van der Waals surface area contributed by atoms with Gasteiger partial charge in [0.15, 0.2) is 0 Å². The van der Waals surface area contributed by atoms with Crippen molar-refractivity contribution in [2.24, 2.45) is 0 Å². The molecule has 0 atom stereocenters. The number of hydrogen-bond donors (Lipinski definition) is 0. The van der Waals surface area contributed by atoms with Crippen molar-refractivity contribution in [2.75, 3.05) is 31.1 Å². The molecule has 0 radical (unpaired) electrons. The van der Waals surface area contributed by atoms with Gasteiger partial charge in [-0.1, -0.05) is 46.9 Å². The van der Waals surface area contributed by atoms with Crippen LogP contribution < -0.4 is 4.90 Å². The zero-order chi connectivity index (χ0) is 17.8. The first-order valence-electron chi connectivity index (χ1n) is 8.25. The molecular formula is C19H19Cl3N2O. The van der Waals surface area contributed by atoms with Crippen molar-refractivity contribution >= 4 is 46.4 Å². The average molecular weight is 398 g/mol. The van der Waals surface area contributed by atoms with Crippen LogP contribution >= 0.6 is 34.8 Å². The van der Waals surface area contributed by atoms with Crippen molar-refractivity contribution in [3.05, 3.63) is 63.1 Å². The van der Waals surface area contributed by atoms with Crippen LogP contribution in [-0.4, -0.2) is 37.0 Å². The number of benzene rings is 2. The van der Waals surface area contributed by atoms with Gasteiger partial charge in [-0.25, -0.2) is 0 Å². The summed E-state index contributed by atoms with van der Waals surface area (Å²) in [6.07, 6.45) is 1.15. The third-order valence-electron chi connectivity index (χ3n) is 4.42. The molecule has 132 valence electrons. The molecule has 0 aliphatic carbocycles. The molecule has 0 aromatic heterocycles. The average Bonchev–Trinajstić information content (AvgIpc) is 2.62. The number of carbonyl (C=O) groups excluding carboxylic acids is 1. The van der Waals surface area contributed by atoms with Crippen molar-refractivity contribution in [3.8, 4) is 0 Å². The maximum absolute atomic E-state index is 12.4. The van der Waals surface area contributed by atoms with Crippen LogP contribution in [0.3, 0.4) is 0 Å². The Morgan fingerprint density at radius 1 is 0.920 bits per heavy atom. The molecule has 1 fully saturated rings. The number of piperazine rings is 1. The van der Waals surface area contributed by atoms with Crippen molar-refractivity contribution in [3.63, 3.8) is 0 Å². The van der Waals surface area contributed by atoms with Crippen LogP contribution in [0.15, 0.2) is 42.5 Å². The highest BCUT2D eigenvalue weighted by Gasteiger charge is 2.21. The second-order valence-electron chi connectivity index (χ2n) is 6.10. The molecule has 2 aromatic rings. The molecule has 25 heavy (non-hydrogen) atoms. The van der Waals surface area contributed by atoms with Gasteiger partial charge in [-0.3, -0.25) is 4.79 Å². The van der Waals surface area contributed by atoms with E-state index >= 15 is 0 Å². The topological polar surface area (TPSA) is 23.6 Å². The summed E-state index contributed by atoms with van der Waals surface area (Å²) < 4.78 is 0. The number of aryl methyl sites for hydroxylation is 1. The van der Waals surface area contributed by atoms with Crippen LogP contribution in [0, 0.1) is 0 Å². The maximum atomic E-state index is 12.4. The zero-order valence-corrected chi connectivity index (χ0v) is 16.0. The van der Waals surface area contributed by atoms with E-state index in [-0.39, 0.29) is 5.91 Å². The first-order valence-corrected chi connectivity index (χ1v) is 9.38. The molecule has 1 aliphatic heterocycles. The highest BCUT2D eigenvalue weighted by Crippen LogP contribution is 2.24. The number of carbonyl (C=O) groups is 1. The molecule has 0 saturated carbocycles. The van der Waals surface area contributed by atoms with Crippen LogP contribution in [-0.2, 0) is 11.2 Å². The van der Waals surface area contributed by atoms with Gasteiger partial charge in [-0.05, 0) is 42.3 Å². The smallest absolute Gasteiger partial charge is 0.223 e. The molecule has 3 nitrogen and oxygen atoms in total. The van der Waals surface area contributed by atoms with Crippen LogP contribution in [0.5, 0.6) is 0 Å². The largest absolute Gasteiger partial charge is 0.368 e. The fourth-order valence-corrected chi connectivity index (χ4v) is 3.50. The monoisotopic (exact) mass is 396 g/mol. The summed E-state index contributed by atoms with van der Waals surface area (Å²) in [5.74, 6) is 0.178. The predicted molar refractivity (Wildman–Crippen MR) is 105 cm³/mol. The third kappa shape index (κ3) is 4.81. The number of amides is 1. The van der Waals surface area contributed by atoms with Crippen molar-refractivity contribution in [1.82, 2.24) is 4.90 Å². The van der Waals surface area contributed by atoms with Crippen molar-refractivity contribution < 1.29 is 4.79 Å². The summed E-state index contributed by atoms with van der Waals surface area (Å²) in [7, 11) is 0. The van der Waals surface area contributed by atoms with Crippen molar-refractivity contribution in [2.45, 2.75) is 12.8 Å². The second-order valence-corrected chi connectivity index (χ2v) is 7.35. The Kier molecular flexibility index (Phi) is 6.10. The Morgan fingerprint density at radius 3 is 2.36 bits per heavy atom. The lowest BCUT2D eigenvalue weighted by Crippen LogP contribution is -2.48. The van der Waals surface area contributed by atoms with E-state index in [1.807, 2.05) is 41.3 Å². The van der Waals surface area contributed by atoms with Crippen LogP contribution in [0.1, 0.15) is 12.0 Å². The Hall–Kier alpha value is -1.42. The van der Waals surface area contributed by atoms with E-state index in [0.29, 0.717) is 22.9 Å². The highest BCUT2D eigenvalue weighted by molar-refractivity contribution is 6.42. The molecule has 1 amide bonds. The lowest BCUT2D eigenvalue weighted by Gasteiger charge is -2.36. The molecule has 3 rings (SSSR count). The predicted octanol–water partition coefficient (Wildman–Crippen LogP) is 4.93. The second kappa shape index (κ2) is 8.31. The Balaban J connectivity index is 1.50. The Bertz CT molecular complexity index is 758. The fourth-order valence-electron chi connectivity index (χ4n) is 2.99. The molecule has 2 aromatic carbocycles. The summed E-state index contributed by atoms with van der Waals surface area (Å²) >= 11 is 18.0. The highest BCUT2D eigenvalue weighted by atomic mass is 35.5. The molecule has 0 bridgehead atoms. The molecule has 0 unspecified atom stereocenters. The summed E-state index contributed by atoms with van der Waals surface area (Å²) in [4.78, 5) is 16.6. The number of nitrogens with zero attached hydrogens (tertiary/aromatic N) is 2. The molecule has 0 N–H and O–H groups in total. The third-order valence-corrected chi connectivity index (χ3v) is 5.39. The minimum Gasteiger partial charge on any atom is -0.368 e. The normalized spacial score (nSPS) is 14.7. The standard InChI is InChI=1S/C19H19Cl3N2O/c20-15-2-1-3-16(13-15)23-8-10-24(11-9-23)19(25)7-5-14-4-6-17(21)18(22)12-14/h1-4,6,12-13H,5,7-11H2. The Morgan fingerprint density at radius 2 is 1.68 bits per heavy atom. The summed E-state index contributed by atoms with van der Waals surface area (Å²) in [6, 6.07) is 13.3. The van der Waals surface area contributed by atoms with Crippen LogP contribution in [0.2, 0.25) is 15.1 Å². The van der Waals surface area contributed by atoms with Crippen LogP contribution in [0.4, 0.5) is 5.69 Å². The molecule has 1 saturated heterocycles. The summed E-state index contributed by atoms with van der Waals surface area (Å²) in [5.41, 5.74) is 2.13. The molecular weight excluding hydrogens is 379 g/mol. The van der Waals surface area contributed by atoms with E-state index in [1.165, 1.54) is 0 Å². The van der Waals surface area contributed by atoms with Gasteiger partial charge in [0, 0.05) is 43.3 Å². The molecule has 1 aliphatic rings. The SMILES string of the molecule is O=C(CCc1ccc(Cl)c(Cl)c1)N1CCN(c2cccc(Cl)c2)CC1. The number of anilines is 1. The number of halogens is 3. The summed E-state index contributed by atoms with van der Waals surface area (Å²) in [6.45, 7) is 3.09. The van der Waals surface area contributed by atoms with Gasteiger partial charge in [0.05, 0.1) is 10.0 Å². The zero-order valence-electron chi connectivity index (χ0n) is 13.7. The lowest BCUT2D eigenvalue weighted by molar-refractivity contribution is -0.131. The number of rotatable bonds is 4. The van der Waals surface area contributed by atoms with Crippen LogP contribution in [0.25, 0.3) is 0 Å². The van der Waals surface area contributed by atoms with E-state index in [4.69, 9.17) is 34.8 Å². The van der Waals surface area contributed by atoms with Gasteiger partial charge in [-0.2, -0.15) is 0 Å².